The molecule has 0 N–H and O–H groups in total. The predicted molar refractivity (Wildman–Crippen MR) is 79.5 cm³/mol. The van der Waals surface area contributed by atoms with Crippen molar-refractivity contribution in [2.45, 2.75) is 13.0 Å². The number of methoxy groups -OCH3 is 2. The number of hydrogen-bond donors (Lipinski definition) is 0. The predicted octanol–water partition coefficient (Wildman–Crippen LogP) is 2.99. The van der Waals surface area contributed by atoms with Crippen LogP contribution in [0, 0.1) is 0 Å². The molecular formula is C17H18O4. The van der Waals surface area contributed by atoms with Gasteiger partial charge in [0.05, 0.1) is 20.6 Å². The molecule has 0 saturated carbocycles. The van der Waals surface area contributed by atoms with E-state index < -0.39 is 0 Å². The molecule has 0 fully saturated rings. The van der Waals surface area contributed by atoms with Gasteiger partial charge >= 0.3 is 5.97 Å². The van der Waals surface area contributed by atoms with Gasteiger partial charge in [0, 0.05) is 5.56 Å². The third-order valence-corrected chi connectivity index (χ3v) is 3.09. The van der Waals surface area contributed by atoms with E-state index in [4.69, 9.17) is 14.2 Å². The maximum atomic E-state index is 11.8. The molecule has 0 atom stereocenters. The van der Waals surface area contributed by atoms with E-state index in [0.29, 0.717) is 0 Å². The monoisotopic (exact) mass is 286 g/mol. The van der Waals surface area contributed by atoms with Crippen molar-refractivity contribution in [3.8, 4) is 11.5 Å². The summed E-state index contributed by atoms with van der Waals surface area (Å²) >= 11 is 0. The van der Waals surface area contributed by atoms with Gasteiger partial charge < -0.3 is 14.2 Å². The Morgan fingerprint density at radius 3 is 2.33 bits per heavy atom. The lowest BCUT2D eigenvalue weighted by molar-refractivity contribution is -0.144. The summed E-state index contributed by atoms with van der Waals surface area (Å²) in [5.74, 6) is 1.21. The number of carbonyl (C=O) groups excluding carboxylic acids is 1. The van der Waals surface area contributed by atoms with E-state index >= 15 is 0 Å². The second-order valence-corrected chi connectivity index (χ2v) is 4.50. The molecule has 21 heavy (non-hydrogen) atoms. The van der Waals surface area contributed by atoms with Crippen LogP contribution >= 0.6 is 0 Å². The van der Waals surface area contributed by atoms with E-state index in [1.54, 1.807) is 14.2 Å². The van der Waals surface area contributed by atoms with Crippen LogP contribution in [-0.2, 0) is 22.6 Å². The quantitative estimate of drug-likeness (QED) is 0.766. The number of carbonyl (C=O) groups is 1. The van der Waals surface area contributed by atoms with Crippen LogP contribution in [0.25, 0.3) is 0 Å². The first kappa shape index (κ1) is 14.9. The molecule has 2 aromatic carbocycles. The standard InChI is InChI=1S/C17H18O4/c1-19-15-9-7-13(8-10-15)11-17(18)21-12-14-5-3-4-6-16(14)20-2/h3-10H,11-12H2,1-2H3. The molecule has 0 aliphatic rings. The van der Waals surface area contributed by atoms with Gasteiger partial charge in [0.2, 0.25) is 0 Å². The van der Waals surface area contributed by atoms with Crippen LogP contribution in [0.1, 0.15) is 11.1 Å². The topological polar surface area (TPSA) is 44.8 Å². The fourth-order valence-electron chi connectivity index (χ4n) is 1.94. The van der Waals surface area contributed by atoms with E-state index in [2.05, 4.69) is 0 Å². The van der Waals surface area contributed by atoms with Crippen LogP contribution in [0.15, 0.2) is 48.5 Å². The fraction of sp³-hybridized carbons (Fsp3) is 0.235. The van der Waals surface area contributed by atoms with E-state index in [1.807, 2.05) is 48.5 Å². The summed E-state index contributed by atoms with van der Waals surface area (Å²) in [7, 11) is 3.20. The maximum Gasteiger partial charge on any atom is 0.310 e. The molecule has 0 heterocycles. The van der Waals surface area contributed by atoms with Gasteiger partial charge in [0.25, 0.3) is 0 Å². The lowest BCUT2D eigenvalue weighted by Crippen LogP contribution is -2.08. The highest BCUT2D eigenvalue weighted by atomic mass is 16.5. The summed E-state index contributed by atoms with van der Waals surface area (Å²) < 4.78 is 15.6. The number of benzene rings is 2. The van der Waals surface area contributed by atoms with Crippen molar-refractivity contribution in [2.24, 2.45) is 0 Å². The normalized spacial score (nSPS) is 10.0. The SMILES string of the molecule is COc1ccc(CC(=O)OCc2ccccc2OC)cc1. The third-order valence-electron chi connectivity index (χ3n) is 3.09. The van der Waals surface area contributed by atoms with Crippen LogP contribution < -0.4 is 9.47 Å². The molecule has 0 aliphatic carbocycles. The molecular weight excluding hydrogens is 268 g/mol. The Morgan fingerprint density at radius 2 is 1.67 bits per heavy atom. The molecule has 110 valence electrons. The average molecular weight is 286 g/mol. The first-order valence-corrected chi connectivity index (χ1v) is 6.63. The minimum atomic E-state index is -0.272. The van der Waals surface area contributed by atoms with Gasteiger partial charge in [-0.05, 0) is 23.8 Å². The highest BCUT2D eigenvalue weighted by Crippen LogP contribution is 2.18. The zero-order valence-corrected chi connectivity index (χ0v) is 12.2. The lowest BCUT2D eigenvalue weighted by Gasteiger charge is -2.09. The summed E-state index contributed by atoms with van der Waals surface area (Å²) in [5, 5.41) is 0. The number of para-hydroxylation sites is 1. The summed E-state index contributed by atoms with van der Waals surface area (Å²) in [5.41, 5.74) is 1.74. The Kier molecular flexibility index (Phi) is 5.21. The van der Waals surface area contributed by atoms with Gasteiger partial charge in [-0.2, -0.15) is 0 Å². The maximum absolute atomic E-state index is 11.8. The second kappa shape index (κ2) is 7.33. The van der Waals surface area contributed by atoms with Crippen molar-refractivity contribution in [1.29, 1.82) is 0 Å². The fourth-order valence-corrected chi connectivity index (χ4v) is 1.94. The summed E-state index contributed by atoms with van der Waals surface area (Å²) in [6.07, 6.45) is 0.235. The van der Waals surface area contributed by atoms with E-state index in [1.165, 1.54) is 0 Å². The third kappa shape index (κ3) is 4.24. The molecule has 2 aromatic rings. The van der Waals surface area contributed by atoms with Crippen LogP contribution in [-0.4, -0.2) is 20.2 Å². The molecule has 0 aromatic heterocycles. The van der Waals surface area contributed by atoms with Gasteiger partial charge in [0.15, 0.2) is 0 Å². The molecule has 2 rings (SSSR count). The minimum absolute atomic E-state index is 0.207. The Morgan fingerprint density at radius 1 is 0.952 bits per heavy atom. The van der Waals surface area contributed by atoms with E-state index in [9.17, 15) is 4.79 Å². The van der Waals surface area contributed by atoms with Gasteiger partial charge in [-0.25, -0.2) is 0 Å². The van der Waals surface area contributed by atoms with E-state index in [-0.39, 0.29) is 19.0 Å². The first-order chi connectivity index (χ1) is 10.2. The van der Waals surface area contributed by atoms with Gasteiger partial charge in [0.1, 0.15) is 18.1 Å². The molecule has 0 amide bonds. The molecule has 0 spiro atoms. The molecule has 4 heteroatoms. The van der Waals surface area contributed by atoms with Crippen molar-refractivity contribution in [1.82, 2.24) is 0 Å². The van der Waals surface area contributed by atoms with Gasteiger partial charge in [-0.15, -0.1) is 0 Å². The molecule has 0 radical (unpaired) electrons. The van der Waals surface area contributed by atoms with Crippen LogP contribution in [0.5, 0.6) is 11.5 Å². The first-order valence-electron chi connectivity index (χ1n) is 6.63. The molecule has 0 saturated heterocycles. The zero-order valence-electron chi connectivity index (χ0n) is 12.2. The highest BCUT2D eigenvalue weighted by molar-refractivity contribution is 5.72. The summed E-state index contributed by atoms with van der Waals surface area (Å²) in [6.45, 7) is 0.207. The Bertz CT molecular complexity index is 590. The largest absolute Gasteiger partial charge is 0.497 e. The Labute approximate surface area is 124 Å². The minimum Gasteiger partial charge on any atom is -0.497 e. The smallest absolute Gasteiger partial charge is 0.310 e. The molecule has 0 bridgehead atoms. The number of rotatable bonds is 6. The number of ether oxygens (including phenoxy) is 3. The number of esters is 1. The van der Waals surface area contributed by atoms with Crippen molar-refractivity contribution in [2.75, 3.05) is 14.2 Å². The van der Waals surface area contributed by atoms with Crippen LogP contribution in [0.3, 0.4) is 0 Å². The molecule has 0 unspecified atom stereocenters. The summed E-state index contributed by atoms with van der Waals surface area (Å²) in [6, 6.07) is 14.8. The Balaban J connectivity index is 1.89. The van der Waals surface area contributed by atoms with Crippen molar-refractivity contribution >= 4 is 5.97 Å². The zero-order chi connectivity index (χ0) is 15.1. The second-order valence-electron chi connectivity index (χ2n) is 4.50. The molecule has 4 nitrogen and oxygen atoms in total. The van der Waals surface area contributed by atoms with Crippen molar-refractivity contribution < 1.29 is 19.0 Å². The van der Waals surface area contributed by atoms with Crippen molar-refractivity contribution in [3.05, 3.63) is 59.7 Å². The Hall–Kier alpha value is -2.49. The lowest BCUT2D eigenvalue weighted by atomic mass is 10.1. The highest BCUT2D eigenvalue weighted by Gasteiger charge is 2.08. The molecule has 0 aliphatic heterocycles. The summed E-state index contributed by atoms with van der Waals surface area (Å²) in [4.78, 5) is 11.8. The van der Waals surface area contributed by atoms with Gasteiger partial charge in [-0.3, -0.25) is 4.79 Å². The van der Waals surface area contributed by atoms with E-state index in [0.717, 1.165) is 22.6 Å². The number of hydrogen-bond acceptors (Lipinski definition) is 4. The van der Waals surface area contributed by atoms with Crippen LogP contribution in [0.2, 0.25) is 0 Å². The van der Waals surface area contributed by atoms with Gasteiger partial charge in [-0.1, -0.05) is 30.3 Å². The van der Waals surface area contributed by atoms with Crippen LogP contribution in [0.4, 0.5) is 0 Å². The average Bonchev–Trinajstić information content (AvgIpc) is 2.54. The van der Waals surface area contributed by atoms with Crippen molar-refractivity contribution in [3.63, 3.8) is 0 Å².